The van der Waals surface area contributed by atoms with Gasteiger partial charge in [-0.05, 0) is 44.9 Å². The van der Waals surface area contributed by atoms with Crippen LogP contribution in [0.5, 0.6) is 0 Å². The van der Waals surface area contributed by atoms with Gasteiger partial charge in [-0.15, -0.1) is 0 Å². The van der Waals surface area contributed by atoms with Gasteiger partial charge in [-0.1, -0.05) is 23.7 Å². The van der Waals surface area contributed by atoms with Crippen molar-refractivity contribution >= 4 is 23.7 Å². The van der Waals surface area contributed by atoms with Crippen LogP contribution in [0.15, 0.2) is 18.2 Å². The van der Waals surface area contributed by atoms with E-state index in [9.17, 15) is 14.7 Å². The van der Waals surface area contributed by atoms with Gasteiger partial charge in [0, 0.05) is 11.4 Å². The molecule has 0 heterocycles. The Kier molecular flexibility index (Phi) is 5.61. The van der Waals surface area contributed by atoms with Gasteiger partial charge in [0.25, 0.3) is 0 Å². The Balaban J connectivity index is 2.76. The van der Waals surface area contributed by atoms with Crippen molar-refractivity contribution in [2.75, 3.05) is 0 Å². The lowest BCUT2D eigenvalue weighted by molar-refractivity contribution is -0.139. The van der Waals surface area contributed by atoms with E-state index in [0.29, 0.717) is 5.02 Å². The second kappa shape index (κ2) is 6.80. The summed E-state index contributed by atoms with van der Waals surface area (Å²) in [5.41, 5.74) is 0.959. The highest BCUT2D eigenvalue weighted by atomic mass is 35.5. The molecule has 0 spiro atoms. The maximum absolute atomic E-state index is 11.7. The van der Waals surface area contributed by atoms with Crippen LogP contribution in [0.4, 0.5) is 4.79 Å². The van der Waals surface area contributed by atoms with E-state index in [1.165, 1.54) is 0 Å². The van der Waals surface area contributed by atoms with Crippen LogP contribution in [0, 0.1) is 6.92 Å². The zero-order valence-corrected chi connectivity index (χ0v) is 13.3. The number of ether oxygens (including phenoxy) is 1. The van der Waals surface area contributed by atoms with Crippen LogP contribution in [0.25, 0.3) is 0 Å². The smallest absolute Gasteiger partial charge is 0.408 e. The van der Waals surface area contributed by atoms with Crippen molar-refractivity contribution < 1.29 is 19.4 Å². The van der Waals surface area contributed by atoms with Gasteiger partial charge in [0.05, 0.1) is 0 Å². The van der Waals surface area contributed by atoms with E-state index in [1.807, 2.05) is 6.92 Å². The van der Waals surface area contributed by atoms with Crippen molar-refractivity contribution in [3.8, 4) is 0 Å². The third-order valence-electron chi connectivity index (χ3n) is 2.65. The minimum Gasteiger partial charge on any atom is -0.480 e. The lowest BCUT2D eigenvalue weighted by atomic mass is 10.0. The predicted octanol–water partition coefficient (Wildman–Crippen LogP) is 3.17. The fourth-order valence-corrected chi connectivity index (χ4v) is 1.84. The number of aliphatic carboxylic acids is 1. The van der Waals surface area contributed by atoms with Gasteiger partial charge in [0.1, 0.15) is 11.6 Å². The maximum Gasteiger partial charge on any atom is 0.408 e. The third kappa shape index (κ3) is 6.04. The molecular weight excluding hydrogens is 294 g/mol. The lowest BCUT2D eigenvalue weighted by Gasteiger charge is -2.22. The standard InChI is InChI=1S/C15H20ClNO4/c1-9-7-10(5-6-11(9)16)8-12(13(18)19)17-14(20)21-15(2,3)4/h5-7,12H,8H2,1-4H3,(H,17,20)(H,18,19)/t12-/m1/s1. The summed E-state index contributed by atoms with van der Waals surface area (Å²) in [4.78, 5) is 22.9. The van der Waals surface area contributed by atoms with Gasteiger partial charge in [-0.3, -0.25) is 0 Å². The van der Waals surface area contributed by atoms with E-state index < -0.39 is 23.7 Å². The molecule has 0 bridgehead atoms. The first-order valence-electron chi connectivity index (χ1n) is 6.56. The molecule has 0 saturated heterocycles. The van der Waals surface area contributed by atoms with E-state index in [4.69, 9.17) is 16.3 Å². The van der Waals surface area contributed by atoms with E-state index in [2.05, 4.69) is 5.32 Å². The number of nitrogens with one attached hydrogen (secondary N) is 1. The van der Waals surface area contributed by atoms with Crippen LogP contribution >= 0.6 is 11.6 Å². The van der Waals surface area contributed by atoms with Crippen molar-refractivity contribution in [3.05, 3.63) is 34.3 Å². The van der Waals surface area contributed by atoms with Gasteiger partial charge >= 0.3 is 12.1 Å². The number of carboxylic acids is 1. The molecule has 5 nitrogen and oxygen atoms in total. The zero-order chi connectivity index (χ0) is 16.2. The quantitative estimate of drug-likeness (QED) is 0.895. The fourth-order valence-electron chi connectivity index (χ4n) is 1.72. The summed E-state index contributed by atoms with van der Waals surface area (Å²) in [6, 6.07) is 4.19. The summed E-state index contributed by atoms with van der Waals surface area (Å²) in [5.74, 6) is -1.12. The Morgan fingerprint density at radius 3 is 2.48 bits per heavy atom. The van der Waals surface area contributed by atoms with Crippen LogP contribution in [0.2, 0.25) is 5.02 Å². The summed E-state index contributed by atoms with van der Waals surface area (Å²) in [6.07, 6.45) is -0.590. The van der Waals surface area contributed by atoms with Gasteiger partial charge in [-0.25, -0.2) is 9.59 Å². The molecule has 0 aromatic heterocycles. The number of carbonyl (C=O) groups excluding carboxylic acids is 1. The maximum atomic E-state index is 11.7. The molecule has 0 radical (unpaired) electrons. The van der Waals surface area contributed by atoms with E-state index in [0.717, 1.165) is 11.1 Å². The summed E-state index contributed by atoms with van der Waals surface area (Å²) < 4.78 is 5.06. The highest BCUT2D eigenvalue weighted by molar-refractivity contribution is 6.31. The molecule has 1 aromatic carbocycles. The molecule has 0 aliphatic carbocycles. The molecule has 6 heteroatoms. The SMILES string of the molecule is Cc1cc(C[C@@H](NC(=O)OC(C)(C)C)C(=O)O)ccc1Cl. The third-order valence-corrected chi connectivity index (χ3v) is 3.08. The first-order valence-corrected chi connectivity index (χ1v) is 6.93. The first-order chi connectivity index (χ1) is 9.58. The number of carboxylic acid groups (broad SMARTS) is 1. The van der Waals surface area contributed by atoms with Crippen LogP contribution < -0.4 is 5.32 Å². The molecule has 2 N–H and O–H groups in total. The van der Waals surface area contributed by atoms with Crippen LogP contribution in [-0.4, -0.2) is 28.8 Å². The Hall–Kier alpha value is -1.75. The monoisotopic (exact) mass is 313 g/mol. The average molecular weight is 314 g/mol. The molecule has 116 valence electrons. The molecular formula is C15H20ClNO4. The number of rotatable bonds is 4. The molecule has 0 aliphatic rings. The molecule has 0 saturated carbocycles. The van der Waals surface area contributed by atoms with Crippen molar-refractivity contribution in [1.82, 2.24) is 5.32 Å². The Bertz CT molecular complexity index is 537. The van der Waals surface area contributed by atoms with Crippen LogP contribution in [0.3, 0.4) is 0 Å². The van der Waals surface area contributed by atoms with Gasteiger partial charge < -0.3 is 15.2 Å². The number of alkyl carbamates (subject to hydrolysis) is 1. The van der Waals surface area contributed by atoms with Gasteiger partial charge in [0.2, 0.25) is 0 Å². The van der Waals surface area contributed by atoms with Crippen molar-refractivity contribution in [3.63, 3.8) is 0 Å². The summed E-state index contributed by atoms with van der Waals surface area (Å²) in [5, 5.41) is 12.2. The summed E-state index contributed by atoms with van der Waals surface area (Å²) >= 11 is 5.93. The minimum absolute atomic E-state index is 0.159. The van der Waals surface area contributed by atoms with Crippen molar-refractivity contribution in [2.24, 2.45) is 0 Å². The molecule has 0 aliphatic heterocycles. The molecule has 21 heavy (non-hydrogen) atoms. The average Bonchev–Trinajstić information content (AvgIpc) is 2.30. The van der Waals surface area contributed by atoms with Crippen LogP contribution in [-0.2, 0) is 16.0 Å². The molecule has 0 unspecified atom stereocenters. The second-order valence-corrected chi connectivity index (χ2v) is 6.23. The summed E-state index contributed by atoms with van der Waals surface area (Å²) in [6.45, 7) is 6.98. The summed E-state index contributed by atoms with van der Waals surface area (Å²) in [7, 11) is 0. The first kappa shape index (κ1) is 17.3. The van der Waals surface area contributed by atoms with Crippen molar-refractivity contribution in [1.29, 1.82) is 0 Å². The normalized spacial score (nSPS) is 12.6. The number of amides is 1. The lowest BCUT2D eigenvalue weighted by Crippen LogP contribution is -2.44. The molecule has 1 aromatic rings. The number of halogens is 1. The topological polar surface area (TPSA) is 75.6 Å². The highest BCUT2D eigenvalue weighted by Gasteiger charge is 2.24. The van der Waals surface area contributed by atoms with Crippen molar-refractivity contribution in [2.45, 2.75) is 45.8 Å². The van der Waals surface area contributed by atoms with Crippen LogP contribution in [0.1, 0.15) is 31.9 Å². The van der Waals surface area contributed by atoms with E-state index in [-0.39, 0.29) is 6.42 Å². The largest absolute Gasteiger partial charge is 0.480 e. The Morgan fingerprint density at radius 1 is 1.38 bits per heavy atom. The minimum atomic E-state index is -1.12. The van der Waals surface area contributed by atoms with E-state index >= 15 is 0 Å². The zero-order valence-electron chi connectivity index (χ0n) is 12.6. The van der Waals surface area contributed by atoms with E-state index in [1.54, 1.807) is 39.0 Å². The molecule has 1 rings (SSSR count). The molecule has 1 atom stereocenters. The molecule has 0 fully saturated rings. The number of hydrogen-bond donors (Lipinski definition) is 2. The number of benzene rings is 1. The Morgan fingerprint density at radius 2 is 2.00 bits per heavy atom. The van der Waals surface area contributed by atoms with Gasteiger partial charge in [0.15, 0.2) is 0 Å². The second-order valence-electron chi connectivity index (χ2n) is 5.82. The molecule has 1 amide bonds. The predicted molar refractivity (Wildman–Crippen MR) is 80.7 cm³/mol. The fraction of sp³-hybridized carbons (Fsp3) is 0.467. The number of carbonyl (C=O) groups is 2. The number of aryl methyl sites for hydroxylation is 1. The Labute approximate surface area is 129 Å². The van der Waals surface area contributed by atoms with Gasteiger partial charge in [-0.2, -0.15) is 0 Å². The number of hydrogen-bond acceptors (Lipinski definition) is 3. The highest BCUT2D eigenvalue weighted by Crippen LogP contribution is 2.17.